The van der Waals surface area contributed by atoms with Crippen molar-refractivity contribution < 1.29 is 17.9 Å². The molecule has 146 valence electrons. The predicted molar refractivity (Wildman–Crippen MR) is 102 cm³/mol. The van der Waals surface area contributed by atoms with Gasteiger partial charge in [0.15, 0.2) is 0 Å². The summed E-state index contributed by atoms with van der Waals surface area (Å²) in [7, 11) is -1.98. The van der Waals surface area contributed by atoms with Crippen LogP contribution in [0.1, 0.15) is 39.5 Å². The van der Waals surface area contributed by atoms with Crippen LogP contribution in [-0.2, 0) is 14.8 Å². The highest BCUT2D eigenvalue weighted by Gasteiger charge is 2.33. The van der Waals surface area contributed by atoms with E-state index in [1.54, 1.807) is 31.4 Å². The molecule has 0 radical (unpaired) electrons. The molecule has 0 spiro atoms. The monoisotopic (exact) mass is 382 g/mol. The Kier molecular flexibility index (Phi) is 7.46. The van der Waals surface area contributed by atoms with E-state index in [2.05, 4.69) is 6.92 Å². The predicted octanol–water partition coefficient (Wildman–Crippen LogP) is 2.74. The Labute approximate surface area is 157 Å². The Balaban J connectivity index is 1.99. The number of piperidine rings is 1. The van der Waals surface area contributed by atoms with E-state index < -0.39 is 10.0 Å². The molecule has 6 nitrogen and oxygen atoms in total. The van der Waals surface area contributed by atoms with Crippen LogP contribution in [0, 0.1) is 5.92 Å². The standard InChI is InChI=1S/C19H30N2O4S/c1-4-6-13-20(5-2)19(22)16-11-14-21(15-12-16)26(23,24)18-9-7-17(25-3)8-10-18/h7-10,16H,4-6,11-15H2,1-3H3. The lowest BCUT2D eigenvalue weighted by Crippen LogP contribution is -2.44. The summed E-state index contributed by atoms with van der Waals surface area (Å²) in [6, 6.07) is 6.43. The molecule has 1 saturated heterocycles. The molecule has 0 saturated carbocycles. The van der Waals surface area contributed by atoms with Gasteiger partial charge in [-0.15, -0.1) is 0 Å². The van der Waals surface area contributed by atoms with Crippen molar-refractivity contribution in [3.8, 4) is 5.75 Å². The Morgan fingerprint density at radius 2 is 1.81 bits per heavy atom. The zero-order valence-corrected chi connectivity index (χ0v) is 16.8. The third-order valence-electron chi connectivity index (χ3n) is 4.98. The van der Waals surface area contributed by atoms with E-state index >= 15 is 0 Å². The molecular formula is C19H30N2O4S. The van der Waals surface area contributed by atoms with Crippen LogP contribution >= 0.6 is 0 Å². The molecule has 2 rings (SSSR count). The first-order chi connectivity index (χ1) is 12.4. The largest absolute Gasteiger partial charge is 0.497 e. The lowest BCUT2D eigenvalue weighted by molar-refractivity contribution is -0.136. The minimum Gasteiger partial charge on any atom is -0.497 e. The number of amides is 1. The fraction of sp³-hybridized carbons (Fsp3) is 0.632. The number of hydrogen-bond donors (Lipinski definition) is 0. The van der Waals surface area contributed by atoms with E-state index in [1.165, 1.54) is 4.31 Å². The minimum absolute atomic E-state index is 0.0749. The molecule has 1 aliphatic rings. The minimum atomic E-state index is -3.52. The topological polar surface area (TPSA) is 66.9 Å². The second-order valence-electron chi connectivity index (χ2n) is 6.63. The Morgan fingerprint density at radius 1 is 1.19 bits per heavy atom. The average Bonchev–Trinajstić information content (AvgIpc) is 2.68. The summed E-state index contributed by atoms with van der Waals surface area (Å²) < 4.78 is 32.1. The molecule has 0 aromatic heterocycles. The van der Waals surface area contributed by atoms with Crippen molar-refractivity contribution in [1.82, 2.24) is 9.21 Å². The number of rotatable bonds is 8. The van der Waals surface area contributed by atoms with Gasteiger partial charge in [0.25, 0.3) is 0 Å². The van der Waals surface area contributed by atoms with Gasteiger partial charge in [-0.1, -0.05) is 13.3 Å². The maximum Gasteiger partial charge on any atom is 0.243 e. The summed E-state index contributed by atoms with van der Waals surface area (Å²) in [6.07, 6.45) is 3.22. The van der Waals surface area contributed by atoms with Gasteiger partial charge in [-0.25, -0.2) is 8.42 Å². The lowest BCUT2D eigenvalue weighted by Gasteiger charge is -2.33. The molecule has 0 unspecified atom stereocenters. The molecule has 1 fully saturated rings. The van der Waals surface area contributed by atoms with Gasteiger partial charge in [0.2, 0.25) is 15.9 Å². The molecule has 0 N–H and O–H groups in total. The Morgan fingerprint density at radius 3 is 2.31 bits per heavy atom. The molecule has 1 heterocycles. The second kappa shape index (κ2) is 9.37. The summed E-state index contributed by atoms with van der Waals surface area (Å²) in [5.41, 5.74) is 0. The molecule has 7 heteroatoms. The summed E-state index contributed by atoms with van der Waals surface area (Å²) in [4.78, 5) is 14.8. The zero-order valence-electron chi connectivity index (χ0n) is 16.0. The van der Waals surface area contributed by atoms with Crippen molar-refractivity contribution in [2.24, 2.45) is 5.92 Å². The quantitative estimate of drug-likeness (QED) is 0.693. The second-order valence-corrected chi connectivity index (χ2v) is 8.56. The van der Waals surface area contributed by atoms with Crippen LogP contribution in [-0.4, -0.2) is 56.8 Å². The van der Waals surface area contributed by atoms with Crippen molar-refractivity contribution in [2.45, 2.75) is 44.4 Å². The van der Waals surface area contributed by atoms with Crippen molar-refractivity contribution in [2.75, 3.05) is 33.3 Å². The highest BCUT2D eigenvalue weighted by atomic mass is 32.2. The lowest BCUT2D eigenvalue weighted by atomic mass is 9.96. The maximum absolute atomic E-state index is 12.8. The van der Waals surface area contributed by atoms with Crippen LogP contribution in [0.2, 0.25) is 0 Å². The van der Waals surface area contributed by atoms with Crippen LogP contribution in [0.5, 0.6) is 5.75 Å². The van der Waals surface area contributed by atoms with Crippen LogP contribution in [0.15, 0.2) is 29.2 Å². The van der Waals surface area contributed by atoms with Crippen LogP contribution in [0.4, 0.5) is 0 Å². The van der Waals surface area contributed by atoms with E-state index in [4.69, 9.17) is 4.74 Å². The van der Waals surface area contributed by atoms with Gasteiger partial charge in [0.1, 0.15) is 5.75 Å². The van der Waals surface area contributed by atoms with E-state index in [0.29, 0.717) is 38.2 Å². The number of benzene rings is 1. The van der Waals surface area contributed by atoms with Crippen molar-refractivity contribution in [3.05, 3.63) is 24.3 Å². The summed E-state index contributed by atoms with van der Waals surface area (Å²) in [5.74, 6) is 0.719. The van der Waals surface area contributed by atoms with E-state index in [9.17, 15) is 13.2 Å². The van der Waals surface area contributed by atoms with Gasteiger partial charge in [-0.3, -0.25) is 4.79 Å². The van der Waals surface area contributed by atoms with Crippen molar-refractivity contribution >= 4 is 15.9 Å². The van der Waals surface area contributed by atoms with Gasteiger partial charge >= 0.3 is 0 Å². The molecule has 1 amide bonds. The first-order valence-electron chi connectivity index (χ1n) is 9.37. The van der Waals surface area contributed by atoms with E-state index in [1.807, 2.05) is 11.8 Å². The number of sulfonamides is 1. The Hall–Kier alpha value is -1.60. The fourth-order valence-corrected chi connectivity index (χ4v) is 4.74. The van der Waals surface area contributed by atoms with Crippen LogP contribution < -0.4 is 4.74 Å². The highest BCUT2D eigenvalue weighted by molar-refractivity contribution is 7.89. The van der Waals surface area contributed by atoms with E-state index in [0.717, 1.165) is 19.4 Å². The summed E-state index contributed by atoms with van der Waals surface area (Å²) in [5, 5.41) is 0. The number of ether oxygens (including phenoxy) is 1. The molecular weight excluding hydrogens is 352 g/mol. The maximum atomic E-state index is 12.8. The zero-order chi connectivity index (χ0) is 19.2. The SMILES string of the molecule is CCCCN(CC)C(=O)C1CCN(S(=O)(=O)c2ccc(OC)cc2)CC1. The normalized spacial score (nSPS) is 16.4. The van der Waals surface area contributed by atoms with Gasteiger partial charge in [-0.2, -0.15) is 4.31 Å². The van der Waals surface area contributed by atoms with Crippen molar-refractivity contribution in [1.29, 1.82) is 0 Å². The number of carbonyl (C=O) groups is 1. The first-order valence-corrected chi connectivity index (χ1v) is 10.8. The third kappa shape index (κ3) is 4.76. The molecule has 1 aliphatic heterocycles. The Bertz CT molecular complexity index is 680. The van der Waals surface area contributed by atoms with Gasteiger partial charge < -0.3 is 9.64 Å². The number of carbonyl (C=O) groups excluding carboxylic acids is 1. The molecule has 0 bridgehead atoms. The first kappa shape index (κ1) is 20.7. The molecule has 0 aliphatic carbocycles. The molecule has 26 heavy (non-hydrogen) atoms. The van der Waals surface area contributed by atoms with Crippen LogP contribution in [0.25, 0.3) is 0 Å². The highest BCUT2D eigenvalue weighted by Crippen LogP contribution is 2.26. The summed E-state index contributed by atoms with van der Waals surface area (Å²) in [6.45, 7) is 6.38. The van der Waals surface area contributed by atoms with Gasteiger partial charge in [-0.05, 0) is 50.5 Å². The van der Waals surface area contributed by atoms with Gasteiger partial charge in [0, 0.05) is 32.1 Å². The fourth-order valence-electron chi connectivity index (χ4n) is 3.27. The molecule has 1 aromatic carbocycles. The number of unbranched alkanes of at least 4 members (excludes halogenated alkanes) is 1. The van der Waals surface area contributed by atoms with Crippen molar-refractivity contribution in [3.63, 3.8) is 0 Å². The number of methoxy groups -OCH3 is 1. The third-order valence-corrected chi connectivity index (χ3v) is 6.89. The summed E-state index contributed by atoms with van der Waals surface area (Å²) >= 11 is 0. The smallest absolute Gasteiger partial charge is 0.243 e. The number of hydrogen-bond acceptors (Lipinski definition) is 4. The molecule has 0 atom stereocenters. The van der Waals surface area contributed by atoms with E-state index in [-0.39, 0.29) is 16.7 Å². The molecule has 1 aromatic rings. The average molecular weight is 383 g/mol. The van der Waals surface area contributed by atoms with Gasteiger partial charge in [0.05, 0.1) is 12.0 Å². The van der Waals surface area contributed by atoms with Crippen LogP contribution in [0.3, 0.4) is 0 Å². The number of nitrogens with zero attached hydrogens (tertiary/aromatic N) is 2.